The van der Waals surface area contributed by atoms with E-state index >= 15 is 0 Å². The number of amides is 3. The fourth-order valence-corrected chi connectivity index (χ4v) is 11.3. The second-order valence-corrected chi connectivity index (χ2v) is 24.1. The Morgan fingerprint density at radius 3 is 1.07 bits per heavy atom. The number of nitrogens with one attached hydrogen (secondary N) is 6. The maximum absolute atomic E-state index is 12.6. The number of anilines is 5. The largest absolute Gasteiger partial charge is 0.354 e. The number of hydrogen-bond acceptors (Lipinski definition) is 20. The molecule has 6 N–H and O–H groups in total. The Bertz CT molecular complexity index is 3780. The molecule has 3 amide bonds. The van der Waals surface area contributed by atoms with Gasteiger partial charge in [-0.05, 0) is 106 Å². The minimum Gasteiger partial charge on any atom is -0.354 e. The van der Waals surface area contributed by atoms with E-state index < -0.39 is 5.91 Å². The molecule has 9 aromatic heterocycles. The smallest absolute Gasteiger partial charge is 0.277 e. The van der Waals surface area contributed by atoms with Crippen LogP contribution >= 0.6 is 11.6 Å². The molecule has 9 aromatic rings. The standard InChI is InChI=1S/2C20H24N8O.C13H11ClN6O.C8H15N/c2*1-12-9-28-11-17(24-13(2)19(28)23-12)26-20(29)16-7-22-18(8-21-16)27-6-5-15(10-27)25-14-3-4-14;1-7-5-20-6-11(18-8(2)12(20)17-7)19-13(21)9-3-16-10(14)4-15-9;1-2-4-7(3-1)9-8-5-6-8/h2*7-9,11,14-15,25H,3-6,10H2,1-2H3,(H,26,29);3-6H,1-2H3,(H,19,21);7-9H,1-6H2. The van der Waals surface area contributed by atoms with Crippen LogP contribution in [0.4, 0.5) is 29.1 Å². The average Bonchev–Trinajstić information content (AvgIpc) is 3.43. The Hall–Kier alpha value is -8.72. The molecule has 2 unspecified atom stereocenters. The van der Waals surface area contributed by atoms with Gasteiger partial charge in [0.1, 0.15) is 51.3 Å². The molecule has 0 aromatic carbocycles. The van der Waals surface area contributed by atoms with Crippen LogP contribution in [0.3, 0.4) is 0 Å². The quantitative estimate of drug-likeness (QED) is 0.0629. The summed E-state index contributed by atoms with van der Waals surface area (Å²) in [5.74, 6) is 1.88. The average molecular weight is 1210 g/mol. The molecular formula is C61H74ClN23O3. The number of nitrogens with zero attached hydrogens (tertiary/aromatic N) is 17. The van der Waals surface area contributed by atoms with Crippen molar-refractivity contribution in [3.8, 4) is 0 Å². The monoisotopic (exact) mass is 1210 g/mol. The maximum Gasteiger partial charge on any atom is 0.277 e. The van der Waals surface area contributed by atoms with E-state index in [1.165, 1.54) is 89.0 Å². The number of rotatable bonds is 14. The minimum absolute atomic E-state index is 0.167. The van der Waals surface area contributed by atoms with Crippen molar-refractivity contribution in [1.29, 1.82) is 0 Å². The summed E-state index contributed by atoms with van der Waals surface area (Å²) in [7, 11) is 0. The van der Waals surface area contributed by atoms with Crippen molar-refractivity contribution in [2.45, 2.75) is 155 Å². The summed E-state index contributed by atoms with van der Waals surface area (Å²) in [5.41, 5.74) is 7.93. The highest BCUT2D eigenvalue weighted by Crippen LogP contribution is 2.27. The van der Waals surface area contributed by atoms with E-state index in [2.05, 4.69) is 102 Å². The van der Waals surface area contributed by atoms with Gasteiger partial charge in [0, 0.05) is 81.0 Å². The van der Waals surface area contributed by atoms with Gasteiger partial charge < -0.3 is 54.9 Å². The molecule has 458 valence electrons. The van der Waals surface area contributed by atoms with Gasteiger partial charge in [0.05, 0.1) is 89.9 Å². The van der Waals surface area contributed by atoms with Crippen LogP contribution in [0.25, 0.3) is 16.9 Å². The lowest BCUT2D eigenvalue weighted by Crippen LogP contribution is -2.34. The summed E-state index contributed by atoms with van der Waals surface area (Å²) >= 11 is 5.64. The molecular weight excluding hydrogens is 1140 g/mol. The molecule has 4 saturated carbocycles. The van der Waals surface area contributed by atoms with E-state index in [4.69, 9.17) is 11.6 Å². The fourth-order valence-electron chi connectivity index (χ4n) is 11.2. The van der Waals surface area contributed by atoms with Crippen LogP contribution in [0.15, 0.2) is 74.4 Å². The van der Waals surface area contributed by atoms with Crippen molar-refractivity contribution in [3.05, 3.63) is 131 Å². The number of aromatic nitrogens is 15. The first-order valence-electron chi connectivity index (χ1n) is 30.4. The number of carbonyl (C=O) groups is 3. The molecule has 15 rings (SSSR count). The van der Waals surface area contributed by atoms with Crippen LogP contribution in [0.1, 0.15) is 143 Å². The van der Waals surface area contributed by atoms with Crippen molar-refractivity contribution in [3.63, 3.8) is 0 Å². The van der Waals surface area contributed by atoms with E-state index in [0.717, 1.165) is 114 Å². The van der Waals surface area contributed by atoms with Crippen LogP contribution in [-0.4, -0.2) is 153 Å². The zero-order chi connectivity index (χ0) is 61.0. The molecule has 6 aliphatic rings. The third-order valence-electron chi connectivity index (χ3n) is 16.0. The third-order valence-corrected chi connectivity index (χ3v) is 16.2. The van der Waals surface area contributed by atoms with Crippen molar-refractivity contribution in [1.82, 2.24) is 89.0 Å². The molecule has 0 bridgehead atoms. The number of aryl methyl sites for hydroxylation is 6. The Kier molecular flexibility index (Phi) is 17.8. The predicted molar refractivity (Wildman–Crippen MR) is 334 cm³/mol. The van der Waals surface area contributed by atoms with Gasteiger partial charge in [-0.15, -0.1) is 0 Å². The summed E-state index contributed by atoms with van der Waals surface area (Å²) in [6.45, 7) is 15.1. The topological polar surface area (TPSA) is 298 Å². The van der Waals surface area contributed by atoms with Crippen molar-refractivity contribution < 1.29 is 14.4 Å². The molecule has 0 spiro atoms. The molecule has 6 fully saturated rings. The zero-order valence-electron chi connectivity index (χ0n) is 50.4. The van der Waals surface area contributed by atoms with E-state index in [9.17, 15) is 14.4 Å². The maximum atomic E-state index is 12.6. The first kappa shape index (κ1) is 59.6. The van der Waals surface area contributed by atoms with Gasteiger partial charge in [-0.3, -0.25) is 14.4 Å². The molecule has 2 aliphatic heterocycles. The van der Waals surface area contributed by atoms with Gasteiger partial charge in [0.2, 0.25) is 0 Å². The Morgan fingerprint density at radius 1 is 0.398 bits per heavy atom. The lowest BCUT2D eigenvalue weighted by molar-refractivity contribution is 0.101. The van der Waals surface area contributed by atoms with Crippen molar-refractivity contribution in [2.24, 2.45) is 0 Å². The molecule has 11 heterocycles. The first-order valence-corrected chi connectivity index (χ1v) is 30.8. The SMILES string of the molecule is C1CCC(NC2CC2)C1.Cc1cn2cc(NC(=O)c3cnc(Cl)cn3)nc(C)c2n1.Cc1cn2cc(NC(=O)c3cnc(N4CCC(NC5CC5)C4)cn3)nc(C)c2n1.Cc1cn2cc(NC(=O)c3cnc(N4CCC(NC5CC5)C4)cn3)nc(C)c2n1. The van der Waals surface area contributed by atoms with Gasteiger partial charge in [-0.1, -0.05) is 24.4 Å². The van der Waals surface area contributed by atoms with Crippen molar-refractivity contribution in [2.75, 3.05) is 51.9 Å². The van der Waals surface area contributed by atoms with Gasteiger partial charge in [0.25, 0.3) is 17.7 Å². The van der Waals surface area contributed by atoms with Crippen LogP contribution in [0, 0.1) is 41.5 Å². The number of fused-ring (bicyclic) bond motifs is 3. The molecule has 4 aliphatic carbocycles. The number of imidazole rings is 3. The van der Waals surface area contributed by atoms with Crippen molar-refractivity contribution >= 4 is 75.4 Å². The Morgan fingerprint density at radius 2 is 0.739 bits per heavy atom. The summed E-state index contributed by atoms with van der Waals surface area (Å²) < 4.78 is 5.55. The van der Waals surface area contributed by atoms with E-state index in [1.807, 2.05) is 73.3 Å². The number of carbonyl (C=O) groups excluding carboxylic acids is 3. The number of halogens is 1. The van der Waals surface area contributed by atoms with Crippen LogP contribution in [0.5, 0.6) is 0 Å². The third kappa shape index (κ3) is 15.3. The summed E-state index contributed by atoms with van der Waals surface area (Å²) in [6, 6.07) is 4.27. The highest BCUT2D eigenvalue weighted by atomic mass is 35.5. The Labute approximate surface area is 514 Å². The van der Waals surface area contributed by atoms with E-state index in [1.54, 1.807) is 31.0 Å². The molecule has 2 atom stereocenters. The van der Waals surface area contributed by atoms with Crippen LogP contribution < -0.4 is 41.7 Å². The first-order chi connectivity index (χ1) is 42.6. The van der Waals surface area contributed by atoms with Gasteiger partial charge >= 0.3 is 0 Å². The lowest BCUT2D eigenvalue weighted by Gasteiger charge is -2.17. The highest BCUT2D eigenvalue weighted by Gasteiger charge is 2.32. The summed E-state index contributed by atoms with van der Waals surface area (Å²) in [5, 5.41) is 19.5. The normalized spacial score (nSPS) is 18.2. The minimum atomic E-state index is -0.401. The molecule has 0 radical (unpaired) electrons. The second kappa shape index (κ2) is 26.3. The van der Waals surface area contributed by atoms with Crippen LogP contribution in [-0.2, 0) is 0 Å². The molecule has 88 heavy (non-hydrogen) atoms. The fraction of sp³-hybridized carbons (Fsp3) is 0.459. The van der Waals surface area contributed by atoms with E-state index in [0.29, 0.717) is 41.6 Å². The predicted octanol–water partition coefficient (Wildman–Crippen LogP) is 7.16. The molecule has 26 nitrogen and oxygen atoms in total. The van der Waals surface area contributed by atoms with Crippen LogP contribution in [0.2, 0.25) is 5.15 Å². The Balaban J connectivity index is 0.000000121. The van der Waals surface area contributed by atoms with E-state index in [-0.39, 0.29) is 34.0 Å². The highest BCUT2D eigenvalue weighted by molar-refractivity contribution is 6.29. The lowest BCUT2D eigenvalue weighted by atomic mass is 10.2. The summed E-state index contributed by atoms with van der Waals surface area (Å²) in [6.07, 6.45) is 36.0. The number of hydrogen-bond donors (Lipinski definition) is 6. The second-order valence-electron chi connectivity index (χ2n) is 23.7. The van der Waals surface area contributed by atoms with Gasteiger partial charge in [-0.2, -0.15) is 0 Å². The molecule has 2 saturated heterocycles. The van der Waals surface area contributed by atoms with Gasteiger partial charge in [0.15, 0.2) is 16.9 Å². The van der Waals surface area contributed by atoms with Gasteiger partial charge in [-0.25, -0.2) is 59.8 Å². The zero-order valence-corrected chi connectivity index (χ0v) is 51.2. The summed E-state index contributed by atoms with van der Waals surface area (Å²) in [4.78, 5) is 93.3. The molecule has 27 heteroatoms.